The lowest BCUT2D eigenvalue weighted by atomic mass is 10.1. The zero-order chi connectivity index (χ0) is 17.1. The minimum absolute atomic E-state index is 0.0252. The van der Waals surface area contributed by atoms with Crippen LogP contribution in [-0.2, 0) is 0 Å². The number of methoxy groups -OCH3 is 2. The molecule has 0 spiro atoms. The standard InChI is InChI=1S/C18H19N3O3/c1-4-5-17(22)15-11-18-19-7-6-16(21(18)20-15)12-8-13(23-2)10-14(9-12)24-3/h6-11H,4-5H2,1-3H3. The van der Waals surface area contributed by atoms with Crippen LogP contribution >= 0.6 is 0 Å². The maximum absolute atomic E-state index is 12.1. The summed E-state index contributed by atoms with van der Waals surface area (Å²) in [7, 11) is 3.21. The topological polar surface area (TPSA) is 65.7 Å². The van der Waals surface area contributed by atoms with Gasteiger partial charge in [0.25, 0.3) is 0 Å². The predicted octanol–water partition coefficient (Wildman–Crippen LogP) is 3.40. The Balaban J connectivity index is 2.14. The van der Waals surface area contributed by atoms with E-state index in [1.807, 2.05) is 25.1 Å². The molecule has 24 heavy (non-hydrogen) atoms. The van der Waals surface area contributed by atoms with Crippen LogP contribution in [0.15, 0.2) is 36.5 Å². The zero-order valence-corrected chi connectivity index (χ0v) is 13.9. The average Bonchev–Trinajstić information content (AvgIpc) is 3.05. The summed E-state index contributed by atoms with van der Waals surface area (Å²) in [5.74, 6) is 1.39. The summed E-state index contributed by atoms with van der Waals surface area (Å²) in [4.78, 5) is 16.4. The van der Waals surface area contributed by atoms with Gasteiger partial charge in [-0.15, -0.1) is 0 Å². The molecule has 0 amide bonds. The molecule has 0 saturated heterocycles. The second kappa shape index (κ2) is 6.70. The molecular formula is C18H19N3O3. The molecule has 0 unspecified atom stereocenters. The fraction of sp³-hybridized carbons (Fsp3) is 0.278. The summed E-state index contributed by atoms with van der Waals surface area (Å²) in [6, 6.07) is 9.17. The van der Waals surface area contributed by atoms with Gasteiger partial charge in [0, 0.05) is 30.3 Å². The number of benzene rings is 1. The molecule has 0 aliphatic carbocycles. The number of aromatic nitrogens is 3. The molecular weight excluding hydrogens is 306 g/mol. The first kappa shape index (κ1) is 16.0. The Bertz CT molecular complexity index is 864. The molecule has 3 rings (SSSR count). The first-order chi connectivity index (χ1) is 11.7. The third-order valence-electron chi connectivity index (χ3n) is 3.77. The van der Waals surface area contributed by atoms with E-state index in [-0.39, 0.29) is 5.78 Å². The summed E-state index contributed by atoms with van der Waals surface area (Å²) in [5, 5.41) is 4.44. The highest BCUT2D eigenvalue weighted by atomic mass is 16.5. The molecule has 0 fully saturated rings. The Hall–Kier alpha value is -2.89. The Morgan fingerprint density at radius 1 is 1.12 bits per heavy atom. The van der Waals surface area contributed by atoms with Gasteiger partial charge < -0.3 is 9.47 Å². The molecule has 1 aromatic carbocycles. The van der Waals surface area contributed by atoms with Crippen molar-refractivity contribution in [3.63, 3.8) is 0 Å². The summed E-state index contributed by atoms with van der Waals surface area (Å²) >= 11 is 0. The van der Waals surface area contributed by atoms with E-state index in [0.717, 1.165) is 17.7 Å². The molecule has 0 atom stereocenters. The molecule has 2 heterocycles. The zero-order valence-electron chi connectivity index (χ0n) is 13.9. The lowest BCUT2D eigenvalue weighted by molar-refractivity contribution is 0.0976. The Morgan fingerprint density at radius 2 is 1.83 bits per heavy atom. The van der Waals surface area contributed by atoms with E-state index in [0.29, 0.717) is 29.3 Å². The number of hydrogen-bond acceptors (Lipinski definition) is 5. The maximum atomic E-state index is 12.1. The van der Waals surface area contributed by atoms with E-state index in [9.17, 15) is 4.79 Å². The SMILES string of the molecule is CCCC(=O)c1cc2nccc(-c3cc(OC)cc(OC)c3)n2n1. The second-order valence-electron chi connectivity index (χ2n) is 5.40. The van der Waals surface area contributed by atoms with Gasteiger partial charge in [-0.25, -0.2) is 9.50 Å². The van der Waals surface area contributed by atoms with Gasteiger partial charge in [-0.05, 0) is 24.6 Å². The minimum Gasteiger partial charge on any atom is -0.497 e. The van der Waals surface area contributed by atoms with E-state index in [1.54, 1.807) is 37.1 Å². The summed E-state index contributed by atoms with van der Waals surface area (Å²) in [5.41, 5.74) is 2.75. The number of fused-ring (bicyclic) bond motifs is 1. The second-order valence-corrected chi connectivity index (χ2v) is 5.40. The normalized spacial score (nSPS) is 10.8. The van der Waals surface area contributed by atoms with Crippen molar-refractivity contribution in [1.29, 1.82) is 0 Å². The smallest absolute Gasteiger partial charge is 0.183 e. The van der Waals surface area contributed by atoms with Gasteiger partial charge in [0.2, 0.25) is 0 Å². The van der Waals surface area contributed by atoms with Gasteiger partial charge >= 0.3 is 0 Å². The molecule has 0 radical (unpaired) electrons. The van der Waals surface area contributed by atoms with E-state index in [2.05, 4.69) is 10.1 Å². The van der Waals surface area contributed by atoms with Crippen molar-refractivity contribution >= 4 is 11.4 Å². The summed E-state index contributed by atoms with van der Waals surface area (Å²) < 4.78 is 12.3. The van der Waals surface area contributed by atoms with Crippen LogP contribution in [-0.4, -0.2) is 34.6 Å². The molecule has 0 N–H and O–H groups in total. The van der Waals surface area contributed by atoms with Gasteiger partial charge in [-0.3, -0.25) is 4.79 Å². The summed E-state index contributed by atoms with van der Waals surface area (Å²) in [6.07, 6.45) is 2.97. The molecule has 0 aliphatic heterocycles. The highest BCUT2D eigenvalue weighted by Gasteiger charge is 2.14. The van der Waals surface area contributed by atoms with Crippen molar-refractivity contribution in [1.82, 2.24) is 14.6 Å². The van der Waals surface area contributed by atoms with Crippen LogP contribution in [0, 0.1) is 0 Å². The molecule has 6 nitrogen and oxygen atoms in total. The van der Waals surface area contributed by atoms with Crippen LogP contribution in [0.2, 0.25) is 0 Å². The lowest BCUT2D eigenvalue weighted by Crippen LogP contribution is -2.01. The third-order valence-corrected chi connectivity index (χ3v) is 3.77. The van der Waals surface area contributed by atoms with Crippen molar-refractivity contribution in [2.45, 2.75) is 19.8 Å². The van der Waals surface area contributed by atoms with Crippen LogP contribution in [0.25, 0.3) is 16.9 Å². The molecule has 0 bridgehead atoms. The molecule has 2 aromatic heterocycles. The van der Waals surface area contributed by atoms with Crippen LogP contribution < -0.4 is 9.47 Å². The van der Waals surface area contributed by atoms with Gasteiger partial charge in [-0.1, -0.05) is 6.92 Å². The predicted molar refractivity (Wildman–Crippen MR) is 90.8 cm³/mol. The Labute approximate surface area is 140 Å². The molecule has 3 aromatic rings. The highest BCUT2D eigenvalue weighted by molar-refractivity contribution is 5.95. The number of ketones is 1. The number of rotatable bonds is 6. The monoisotopic (exact) mass is 325 g/mol. The van der Waals surface area contributed by atoms with E-state index in [4.69, 9.17) is 9.47 Å². The third kappa shape index (κ3) is 2.95. The largest absolute Gasteiger partial charge is 0.497 e. The van der Waals surface area contributed by atoms with Crippen molar-refractivity contribution in [3.8, 4) is 22.8 Å². The summed E-state index contributed by atoms with van der Waals surface area (Å²) in [6.45, 7) is 1.97. The van der Waals surface area contributed by atoms with Gasteiger partial charge in [0.1, 0.15) is 17.2 Å². The number of ether oxygens (including phenoxy) is 2. The quantitative estimate of drug-likeness (QED) is 0.650. The number of carbonyl (C=O) groups is 1. The average molecular weight is 325 g/mol. The van der Waals surface area contributed by atoms with Crippen molar-refractivity contribution < 1.29 is 14.3 Å². The lowest BCUT2D eigenvalue weighted by Gasteiger charge is -2.09. The van der Waals surface area contributed by atoms with Crippen LogP contribution in [0.1, 0.15) is 30.3 Å². The van der Waals surface area contributed by atoms with Crippen molar-refractivity contribution in [2.75, 3.05) is 14.2 Å². The molecule has 124 valence electrons. The minimum atomic E-state index is 0.0252. The molecule has 0 saturated carbocycles. The fourth-order valence-corrected chi connectivity index (χ4v) is 2.56. The number of hydrogen-bond donors (Lipinski definition) is 0. The van der Waals surface area contributed by atoms with Gasteiger partial charge in [-0.2, -0.15) is 5.10 Å². The molecule has 0 aliphatic rings. The van der Waals surface area contributed by atoms with Gasteiger partial charge in [0.05, 0.1) is 19.9 Å². The molecule has 6 heteroatoms. The van der Waals surface area contributed by atoms with Crippen LogP contribution in [0.3, 0.4) is 0 Å². The van der Waals surface area contributed by atoms with E-state index >= 15 is 0 Å². The fourth-order valence-electron chi connectivity index (χ4n) is 2.56. The first-order valence-electron chi connectivity index (χ1n) is 7.77. The van der Waals surface area contributed by atoms with Crippen molar-refractivity contribution in [3.05, 3.63) is 42.2 Å². The Morgan fingerprint density at radius 3 is 2.46 bits per heavy atom. The van der Waals surface area contributed by atoms with E-state index < -0.39 is 0 Å². The first-order valence-corrected chi connectivity index (χ1v) is 7.77. The van der Waals surface area contributed by atoms with Crippen LogP contribution in [0.4, 0.5) is 0 Å². The number of Topliss-reactive ketones (excluding diaryl/α,β-unsaturated/α-hetero) is 1. The maximum Gasteiger partial charge on any atom is 0.183 e. The van der Waals surface area contributed by atoms with Gasteiger partial charge in [0.15, 0.2) is 11.4 Å². The van der Waals surface area contributed by atoms with E-state index in [1.165, 1.54) is 0 Å². The van der Waals surface area contributed by atoms with Crippen LogP contribution in [0.5, 0.6) is 11.5 Å². The van der Waals surface area contributed by atoms with Crippen molar-refractivity contribution in [2.24, 2.45) is 0 Å². The highest BCUT2D eigenvalue weighted by Crippen LogP contribution is 2.29. The number of nitrogens with zero attached hydrogens (tertiary/aromatic N) is 3. The Kier molecular flexibility index (Phi) is 4.46. The number of carbonyl (C=O) groups excluding carboxylic acids is 1.